The molecule has 0 aromatic carbocycles. The predicted octanol–water partition coefficient (Wildman–Crippen LogP) is 1.07. The van der Waals surface area contributed by atoms with E-state index in [0.29, 0.717) is 11.6 Å². The maximum atomic E-state index is 5.33. The van der Waals surface area contributed by atoms with Crippen LogP contribution in [-0.2, 0) is 0 Å². The average molecular weight is 153 g/mol. The molecule has 0 aliphatic carbocycles. The SMILES string of the molecule is ClCC#Cc1cnccn1. The Kier molecular flexibility index (Phi) is 2.72. The fourth-order valence-electron chi connectivity index (χ4n) is 0.488. The lowest BCUT2D eigenvalue weighted by atomic mass is 10.4. The third-order valence-electron chi connectivity index (χ3n) is 0.846. The van der Waals surface area contributed by atoms with E-state index in [1.807, 2.05) is 0 Å². The normalized spacial score (nSPS) is 8.10. The van der Waals surface area contributed by atoms with Crippen LogP contribution in [0.3, 0.4) is 0 Å². The lowest BCUT2D eigenvalue weighted by Crippen LogP contribution is -1.81. The van der Waals surface area contributed by atoms with Gasteiger partial charge < -0.3 is 0 Å². The quantitative estimate of drug-likeness (QED) is 0.411. The number of rotatable bonds is 0. The number of hydrogen-bond donors (Lipinski definition) is 0. The van der Waals surface area contributed by atoms with Crippen LogP contribution in [0, 0.1) is 11.8 Å². The van der Waals surface area contributed by atoms with Gasteiger partial charge in [0.25, 0.3) is 0 Å². The molecule has 1 aromatic heterocycles. The predicted molar refractivity (Wildman–Crippen MR) is 39.6 cm³/mol. The molecular weight excluding hydrogens is 148 g/mol. The topological polar surface area (TPSA) is 25.8 Å². The van der Waals surface area contributed by atoms with Gasteiger partial charge in [-0.05, 0) is 5.92 Å². The molecule has 1 heterocycles. The molecule has 0 fully saturated rings. The summed E-state index contributed by atoms with van der Waals surface area (Å²) in [5, 5.41) is 0. The van der Waals surface area contributed by atoms with Crippen LogP contribution in [0.15, 0.2) is 18.6 Å². The molecule has 0 radical (unpaired) electrons. The zero-order chi connectivity index (χ0) is 7.23. The summed E-state index contributed by atoms with van der Waals surface area (Å²) in [7, 11) is 0. The van der Waals surface area contributed by atoms with Gasteiger partial charge in [0.05, 0.1) is 12.1 Å². The van der Waals surface area contributed by atoms with Crippen molar-refractivity contribution >= 4 is 11.6 Å². The molecule has 0 atom stereocenters. The summed E-state index contributed by atoms with van der Waals surface area (Å²) in [5.41, 5.74) is 0.656. The number of hydrogen-bond acceptors (Lipinski definition) is 2. The molecule has 2 nitrogen and oxygen atoms in total. The van der Waals surface area contributed by atoms with E-state index in [0.717, 1.165) is 0 Å². The van der Waals surface area contributed by atoms with Crippen LogP contribution in [0.25, 0.3) is 0 Å². The van der Waals surface area contributed by atoms with E-state index in [1.54, 1.807) is 18.6 Å². The van der Waals surface area contributed by atoms with Gasteiger partial charge in [0.1, 0.15) is 5.69 Å². The van der Waals surface area contributed by atoms with Gasteiger partial charge in [-0.1, -0.05) is 5.92 Å². The Labute approximate surface area is 64.3 Å². The molecule has 1 aromatic rings. The van der Waals surface area contributed by atoms with Gasteiger partial charge in [-0.15, -0.1) is 11.6 Å². The van der Waals surface area contributed by atoms with Crippen LogP contribution < -0.4 is 0 Å². The molecule has 0 spiro atoms. The van der Waals surface area contributed by atoms with Crippen LogP contribution in [0.5, 0.6) is 0 Å². The molecule has 0 saturated carbocycles. The minimum Gasteiger partial charge on any atom is -0.260 e. The summed E-state index contributed by atoms with van der Waals surface area (Å²) in [6.07, 6.45) is 4.80. The van der Waals surface area contributed by atoms with Crippen LogP contribution in [0.4, 0.5) is 0 Å². The van der Waals surface area contributed by atoms with Crippen molar-refractivity contribution in [3.63, 3.8) is 0 Å². The molecule has 0 bridgehead atoms. The summed E-state index contributed by atoms with van der Waals surface area (Å²) in [5.74, 6) is 5.75. The monoisotopic (exact) mass is 152 g/mol. The molecule has 3 heteroatoms. The Hall–Kier alpha value is -1.07. The van der Waals surface area contributed by atoms with Crippen LogP contribution in [0.1, 0.15) is 5.69 Å². The highest BCUT2D eigenvalue weighted by Crippen LogP contribution is 1.84. The van der Waals surface area contributed by atoms with Gasteiger partial charge in [-0.2, -0.15) is 0 Å². The number of aromatic nitrogens is 2. The van der Waals surface area contributed by atoms with Crippen molar-refractivity contribution in [3.8, 4) is 11.8 Å². The van der Waals surface area contributed by atoms with E-state index in [2.05, 4.69) is 21.8 Å². The number of alkyl halides is 1. The van der Waals surface area contributed by atoms with Crippen molar-refractivity contribution < 1.29 is 0 Å². The molecule has 10 heavy (non-hydrogen) atoms. The van der Waals surface area contributed by atoms with Crippen molar-refractivity contribution in [2.75, 3.05) is 5.88 Å². The van der Waals surface area contributed by atoms with Crippen molar-refractivity contribution in [1.29, 1.82) is 0 Å². The largest absolute Gasteiger partial charge is 0.260 e. The van der Waals surface area contributed by atoms with Crippen LogP contribution in [-0.4, -0.2) is 15.8 Å². The smallest absolute Gasteiger partial charge is 0.131 e. The molecule has 50 valence electrons. The zero-order valence-electron chi connectivity index (χ0n) is 5.21. The van der Waals surface area contributed by atoms with E-state index in [-0.39, 0.29) is 0 Å². The van der Waals surface area contributed by atoms with E-state index >= 15 is 0 Å². The Balaban J connectivity index is 2.76. The fourth-order valence-corrected chi connectivity index (χ4v) is 0.554. The van der Waals surface area contributed by atoms with Crippen molar-refractivity contribution in [2.24, 2.45) is 0 Å². The maximum Gasteiger partial charge on any atom is 0.131 e. The molecule has 0 unspecified atom stereocenters. The molecule has 0 aliphatic heterocycles. The molecule has 1 rings (SSSR count). The minimum atomic E-state index is 0.330. The Morgan fingerprint density at radius 2 is 2.40 bits per heavy atom. The molecule has 0 N–H and O–H groups in total. The number of halogens is 1. The first-order chi connectivity index (χ1) is 4.93. The number of nitrogens with zero attached hydrogens (tertiary/aromatic N) is 2. The van der Waals surface area contributed by atoms with Gasteiger partial charge in [0.2, 0.25) is 0 Å². The van der Waals surface area contributed by atoms with Gasteiger partial charge in [-0.25, -0.2) is 4.98 Å². The third kappa shape index (κ3) is 2.04. The molecule has 0 saturated heterocycles. The van der Waals surface area contributed by atoms with E-state index < -0.39 is 0 Å². The second-order valence-electron chi connectivity index (χ2n) is 1.53. The fraction of sp³-hybridized carbons (Fsp3) is 0.143. The van der Waals surface area contributed by atoms with Gasteiger partial charge >= 0.3 is 0 Å². The second kappa shape index (κ2) is 3.86. The van der Waals surface area contributed by atoms with Crippen LogP contribution >= 0.6 is 11.6 Å². The lowest BCUT2D eigenvalue weighted by Gasteiger charge is -1.82. The van der Waals surface area contributed by atoms with Crippen molar-refractivity contribution in [1.82, 2.24) is 9.97 Å². The first kappa shape index (κ1) is 7.04. The zero-order valence-corrected chi connectivity index (χ0v) is 5.97. The summed E-state index contributed by atoms with van der Waals surface area (Å²) in [6, 6.07) is 0. The highest BCUT2D eigenvalue weighted by Gasteiger charge is 1.81. The first-order valence-electron chi connectivity index (χ1n) is 2.74. The summed E-state index contributed by atoms with van der Waals surface area (Å²) >= 11 is 5.33. The summed E-state index contributed by atoms with van der Waals surface area (Å²) in [4.78, 5) is 7.75. The van der Waals surface area contributed by atoms with Gasteiger partial charge in [0.15, 0.2) is 0 Å². The van der Waals surface area contributed by atoms with E-state index in [9.17, 15) is 0 Å². The average Bonchev–Trinajstić information content (AvgIpc) is 2.03. The molecule has 0 aliphatic rings. The minimum absolute atomic E-state index is 0.330. The highest BCUT2D eigenvalue weighted by molar-refractivity contribution is 6.19. The van der Waals surface area contributed by atoms with Crippen molar-refractivity contribution in [3.05, 3.63) is 24.3 Å². The van der Waals surface area contributed by atoms with Gasteiger partial charge in [-0.3, -0.25) is 4.98 Å². The Bertz CT molecular complexity index is 247. The maximum absolute atomic E-state index is 5.33. The van der Waals surface area contributed by atoms with Gasteiger partial charge in [0, 0.05) is 12.4 Å². The first-order valence-corrected chi connectivity index (χ1v) is 3.28. The second-order valence-corrected chi connectivity index (χ2v) is 1.79. The Morgan fingerprint density at radius 3 is 3.00 bits per heavy atom. The summed E-state index contributed by atoms with van der Waals surface area (Å²) in [6.45, 7) is 0. The van der Waals surface area contributed by atoms with Crippen molar-refractivity contribution in [2.45, 2.75) is 0 Å². The standard InChI is InChI=1S/C7H5ClN2/c8-3-1-2-7-6-9-4-5-10-7/h4-6H,3H2. The third-order valence-corrected chi connectivity index (χ3v) is 0.980. The lowest BCUT2D eigenvalue weighted by molar-refractivity contribution is 1.17. The van der Waals surface area contributed by atoms with E-state index in [1.165, 1.54) is 0 Å². The van der Waals surface area contributed by atoms with E-state index in [4.69, 9.17) is 11.6 Å². The molecule has 0 amide bonds. The summed E-state index contributed by atoms with van der Waals surface area (Å²) < 4.78 is 0. The highest BCUT2D eigenvalue weighted by atomic mass is 35.5. The van der Waals surface area contributed by atoms with Crippen LogP contribution in [0.2, 0.25) is 0 Å². The Morgan fingerprint density at radius 1 is 1.50 bits per heavy atom. The molecular formula is C7H5ClN2.